The van der Waals surface area contributed by atoms with Crippen LogP contribution in [0.25, 0.3) is 0 Å². The van der Waals surface area contributed by atoms with Crippen LogP contribution in [0, 0.1) is 12.3 Å². The van der Waals surface area contributed by atoms with Crippen molar-refractivity contribution in [1.29, 1.82) is 0 Å². The molecule has 64 valence electrons. The number of terminal acetylenes is 1. The lowest BCUT2D eigenvalue weighted by Gasteiger charge is -2.02. The van der Waals surface area contributed by atoms with E-state index < -0.39 is 0 Å². The van der Waals surface area contributed by atoms with Crippen molar-refractivity contribution in [2.75, 3.05) is 13.7 Å². The first kappa shape index (κ1) is 13.1. The minimum absolute atomic E-state index is 0. The van der Waals surface area contributed by atoms with Crippen LogP contribution in [-0.2, 0) is 4.74 Å². The van der Waals surface area contributed by atoms with E-state index in [9.17, 15) is 0 Å². The molecule has 0 radical (unpaired) electrons. The summed E-state index contributed by atoms with van der Waals surface area (Å²) in [4.78, 5) is 3.70. The molecule has 1 atom stereocenters. The summed E-state index contributed by atoms with van der Waals surface area (Å²) in [6.07, 6.45) is 5.06. The normalized spacial score (nSPS) is 10.5. The summed E-state index contributed by atoms with van der Waals surface area (Å²) in [5, 5.41) is 0. The quantitative estimate of drug-likeness (QED) is 0.315. The van der Waals surface area contributed by atoms with Crippen LogP contribution in [0.4, 0.5) is 0 Å². The molecule has 0 aliphatic carbocycles. The zero-order chi connectivity index (χ0) is 7.98. The fourth-order valence-corrected chi connectivity index (χ4v) is 0.460. The van der Waals surface area contributed by atoms with Gasteiger partial charge in [-0.25, -0.2) is 4.99 Å². The lowest BCUT2D eigenvalue weighted by atomic mass is 10.3. The van der Waals surface area contributed by atoms with E-state index in [0.29, 0.717) is 6.61 Å². The molecule has 0 saturated heterocycles. The minimum Gasteiger partial charge on any atom is -0.381 e. The number of ether oxygens (including phenoxy) is 1. The number of nitrogens with two attached hydrogens (primary N) is 2. The molecule has 4 N–H and O–H groups in total. The van der Waals surface area contributed by atoms with Crippen LogP contribution in [0.3, 0.4) is 0 Å². The molecular weight excluding hydrogens is 257 g/mol. The van der Waals surface area contributed by atoms with Gasteiger partial charge in [0.2, 0.25) is 0 Å². The summed E-state index contributed by atoms with van der Waals surface area (Å²) >= 11 is 0. The number of hydrogen-bond donors (Lipinski definition) is 2. The fraction of sp³-hybridized carbons (Fsp3) is 0.500. The van der Waals surface area contributed by atoms with Crippen molar-refractivity contribution in [3.05, 3.63) is 0 Å². The maximum atomic E-state index is 5.08. The largest absolute Gasteiger partial charge is 0.381 e. The first-order chi connectivity index (χ1) is 4.70. The lowest BCUT2D eigenvalue weighted by Crippen LogP contribution is -2.26. The van der Waals surface area contributed by atoms with Crippen LogP contribution < -0.4 is 11.5 Å². The molecule has 1 unspecified atom stereocenters. The first-order valence-electron chi connectivity index (χ1n) is 2.74. The summed E-state index contributed by atoms with van der Waals surface area (Å²) in [5.41, 5.74) is 10.2. The number of halogens is 1. The average Bonchev–Trinajstić information content (AvgIpc) is 1.86. The number of guanidine groups is 1. The highest BCUT2D eigenvalue weighted by atomic mass is 127. The highest BCUT2D eigenvalue weighted by Crippen LogP contribution is 1.87. The highest BCUT2D eigenvalue weighted by molar-refractivity contribution is 14.0. The number of aliphatic imine (C=N–C) groups is 1. The Balaban J connectivity index is 0. The molecule has 0 aromatic heterocycles. The van der Waals surface area contributed by atoms with Gasteiger partial charge < -0.3 is 16.2 Å². The summed E-state index contributed by atoms with van der Waals surface area (Å²) < 4.78 is 4.74. The van der Waals surface area contributed by atoms with Gasteiger partial charge in [-0.15, -0.1) is 30.4 Å². The number of nitrogens with zero attached hydrogens (tertiary/aromatic N) is 1. The van der Waals surface area contributed by atoms with Crippen LogP contribution in [0.5, 0.6) is 0 Å². The second kappa shape index (κ2) is 7.63. The molecule has 0 aromatic carbocycles. The fourth-order valence-electron chi connectivity index (χ4n) is 0.460. The molecule has 4 nitrogen and oxygen atoms in total. The molecule has 0 saturated carbocycles. The van der Waals surface area contributed by atoms with Gasteiger partial charge >= 0.3 is 0 Å². The maximum Gasteiger partial charge on any atom is 0.187 e. The SMILES string of the molecule is C#CC(COC)N=C(N)N.I. The summed E-state index contributed by atoms with van der Waals surface area (Å²) in [6.45, 7) is 0.342. The number of hydrogen-bond acceptors (Lipinski definition) is 2. The predicted molar refractivity (Wildman–Crippen MR) is 55.7 cm³/mol. The van der Waals surface area contributed by atoms with Gasteiger partial charge in [0.05, 0.1) is 6.61 Å². The molecule has 0 fully saturated rings. The van der Waals surface area contributed by atoms with Gasteiger partial charge in [0.25, 0.3) is 0 Å². The smallest absolute Gasteiger partial charge is 0.187 e. The molecule has 0 heterocycles. The topological polar surface area (TPSA) is 73.6 Å². The van der Waals surface area contributed by atoms with E-state index in [1.165, 1.54) is 7.11 Å². The Bertz CT molecular complexity index is 160. The number of rotatable bonds is 3. The molecule has 0 aliphatic rings. The molecule has 5 heteroatoms. The maximum absolute atomic E-state index is 5.08. The van der Waals surface area contributed by atoms with Gasteiger partial charge in [-0.3, -0.25) is 0 Å². The van der Waals surface area contributed by atoms with Crippen molar-refractivity contribution < 1.29 is 4.74 Å². The number of methoxy groups -OCH3 is 1. The van der Waals surface area contributed by atoms with E-state index in [2.05, 4.69) is 10.9 Å². The zero-order valence-corrected chi connectivity index (χ0v) is 8.61. The second-order valence-electron chi connectivity index (χ2n) is 1.69. The first-order valence-corrected chi connectivity index (χ1v) is 2.74. The van der Waals surface area contributed by atoms with Crippen LogP contribution in [0.1, 0.15) is 0 Å². The van der Waals surface area contributed by atoms with Gasteiger partial charge in [-0.05, 0) is 0 Å². The highest BCUT2D eigenvalue weighted by Gasteiger charge is 1.99. The average molecular weight is 269 g/mol. The molecule has 0 amide bonds. The van der Waals surface area contributed by atoms with E-state index in [1.54, 1.807) is 0 Å². The van der Waals surface area contributed by atoms with Crippen molar-refractivity contribution in [2.24, 2.45) is 16.5 Å². The molecule has 0 rings (SSSR count). The van der Waals surface area contributed by atoms with Crippen LogP contribution >= 0.6 is 24.0 Å². The van der Waals surface area contributed by atoms with Gasteiger partial charge in [-0.2, -0.15) is 0 Å². The Labute approximate surface area is 83.4 Å². The Hall–Kier alpha value is -0.480. The Morgan fingerprint density at radius 1 is 1.73 bits per heavy atom. The molecule has 11 heavy (non-hydrogen) atoms. The van der Waals surface area contributed by atoms with Gasteiger partial charge in [0.1, 0.15) is 6.04 Å². The van der Waals surface area contributed by atoms with Crippen molar-refractivity contribution in [1.82, 2.24) is 0 Å². The van der Waals surface area contributed by atoms with Crippen molar-refractivity contribution in [3.8, 4) is 12.3 Å². The van der Waals surface area contributed by atoms with Crippen molar-refractivity contribution >= 4 is 29.9 Å². The summed E-state index contributed by atoms with van der Waals surface area (Å²) in [6, 6.07) is -0.366. The lowest BCUT2D eigenvalue weighted by molar-refractivity contribution is 0.194. The van der Waals surface area contributed by atoms with Gasteiger partial charge in [0, 0.05) is 7.11 Å². The van der Waals surface area contributed by atoms with Crippen molar-refractivity contribution in [2.45, 2.75) is 6.04 Å². The van der Waals surface area contributed by atoms with Crippen LogP contribution in [0.2, 0.25) is 0 Å². The molecule has 0 bridgehead atoms. The van der Waals surface area contributed by atoms with Gasteiger partial charge in [0.15, 0.2) is 5.96 Å². The summed E-state index contributed by atoms with van der Waals surface area (Å²) in [5.74, 6) is 2.35. The van der Waals surface area contributed by atoms with E-state index in [0.717, 1.165) is 0 Å². The minimum atomic E-state index is -0.366. The molecule has 0 spiro atoms. The Morgan fingerprint density at radius 3 is 2.55 bits per heavy atom. The summed E-state index contributed by atoms with van der Waals surface area (Å²) in [7, 11) is 1.53. The standard InChI is InChI=1S/C6H11N3O.HI/c1-3-5(4-10-2)9-6(7)8;/h1,5H,4H2,2H3,(H4,7,8,9);1H. The third-order valence-electron chi connectivity index (χ3n) is 0.822. The monoisotopic (exact) mass is 269 g/mol. The van der Waals surface area contributed by atoms with Gasteiger partial charge in [-0.1, -0.05) is 5.92 Å². The third kappa shape index (κ3) is 7.42. The predicted octanol–water partition coefficient (Wildman–Crippen LogP) is -0.474. The van der Waals surface area contributed by atoms with E-state index in [4.69, 9.17) is 22.6 Å². The Kier molecular flexibility index (Phi) is 9.10. The van der Waals surface area contributed by atoms with Crippen LogP contribution in [0.15, 0.2) is 4.99 Å². The van der Waals surface area contributed by atoms with Crippen LogP contribution in [-0.4, -0.2) is 25.7 Å². The van der Waals surface area contributed by atoms with Crippen molar-refractivity contribution in [3.63, 3.8) is 0 Å². The molecule has 0 aromatic rings. The van der Waals surface area contributed by atoms with E-state index >= 15 is 0 Å². The Morgan fingerprint density at radius 2 is 2.27 bits per heavy atom. The third-order valence-corrected chi connectivity index (χ3v) is 0.822. The van der Waals surface area contributed by atoms with E-state index in [1.807, 2.05) is 0 Å². The molecule has 0 aliphatic heterocycles. The zero-order valence-electron chi connectivity index (χ0n) is 6.28. The second-order valence-corrected chi connectivity index (χ2v) is 1.69. The van der Waals surface area contributed by atoms with E-state index in [-0.39, 0.29) is 36.0 Å². The molecular formula is C6H12IN3O.